The van der Waals surface area contributed by atoms with Crippen LogP contribution in [0, 0.1) is 11.8 Å². The van der Waals surface area contributed by atoms with E-state index < -0.39 is 5.97 Å². The Hall–Kier alpha value is -1.61. The fourth-order valence-corrected chi connectivity index (χ4v) is 3.37. The summed E-state index contributed by atoms with van der Waals surface area (Å²) >= 11 is 0. The van der Waals surface area contributed by atoms with Crippen molar-refractivity contribution in [3.8, 4) is 0 Å². The smallest absolute Gasteiger partial charge is 0.303 e. The van der Waals surface area contributed by atoms with Gasteiger partial charge in [0.05, 0.1) is 0 Å². The molecule has 1 unspecified atom stereocenters. The third-order valence-corrected chi connectivity index (χ3v) is 4.54. The molecule has 0 aliphatic heterocycles. The monoisotopic (exact) mass is 332 g/mol. The molecule has 1 aromatic carbocycles. The second-order valence-electron chi connectivity index (χ2n) is 6.45. The van der Waals surface area contributed by atoms with E-state index in [0.29, 0.717) is 18.3 Å². The van der Waals surface area contributed by atoms with Gasteiger partial charge in [-0.05, 0) is 62.8 Å². The summed E-state index contributed by atoms with van der Waals surface area (Å²) in [4.78, 5) is 10.8. The van der Waals surface area contributed by atoms with Crippen molar-refractivity contribution in [1.29, 1.82) is 0 Å². The summed E-state index contributed by atoms with van der Waals surface area (Å²) in [5, 5.41) is 16.5. The van der Waals surface area contributed by atoms with Crippen LogP contribution in [0.2, 0.25) is 0 Å². The first kappa shape index (κ1) is 20.4. The van der Waals surface area contributed by atoms with Crippen molar-refractivity contribution < 1.29 is 15.0 Å². The second-order valence-corrected chi connectivity index (χ2v) is 6.45. The minimum atomic E-state index is -0.640. The summed E-state index contributed by atoms with van der Waals surface area (Å²) in [7, 11) is 0. The molecule has 0 heterocycles. The van der Waals surface area contributed by atoms with Crippen LogP contribution in [-0.4, -0.2) is 22.8 Å². The van der Waals surface area contributed by atoms with Crippen molar-refractivity contribution in [3.05, 3.63) is 48.0 Å². The minimum absolute atomic E-state index is 0.250. The number of aliphatic hydroxyl groups excluding tert-OH is 1. The number of aliphatic carboxylic acids is 1. The molecule has 134 valence electrons. The predicted octanol–water partition coefficient (Wildman–Crippen LogP) is 4.85. The molecule has 1 aliphatic carbocycles. The highest BCUT2D eigenvalue weighted by Gasteiger charge is 2.27. The van der Waals surface area contributed by atoms with Crippen LogP contribution in [0.1, 0.15) is 57.4 Å². The normalized spacial score (nSPS) is 19.9. The van der Waals surface area contributed by atoms with Crippen LogP contribution in [0.4, 0.5) is 0 Å². The van der Waals surface area contributed by atoms with Crippen molar-refractivity contribution in [2.45, 2.75) is 58.3 Å². The number of carboxylic acids is 1. The highest BCUT2D eigenvalue weighted by Crippen LogP contribution is 2.36. The van der Waals surface area contributed by atoms with E-state index in [-0.39, 0.29) is 6.61 Å². The zero-order chi connectivity index (χ0) is 17.6. The molecule has 0 radical (unpaired) electrons. The van der Waals surface area contributed by atoms with Crippen LogP contribution >= 0.6 is 0 Å². The van der Waals surface area contributed by atoms with E-state index in [1.807, 2.05) is 0 Å². The molecule has 3 heteroatoms. The lowest BCUT2D eigenvalue weighted by Crippen LogP contribution is -2.12. The standard InChI is InChI=1S/C19H26O2.C2H6O/c20-19(21)15-18-14-8-13-17(18)12-7-2-1-4-9-16-10-5-3-6-11-16;1-2-3/h2-3,5-7,10-11,17-18H,1,4,8-9,12-15H2,(H,20,21);3H,2H2,1H3/t17?,18-;/m1./s1. The number of aliphatic hydroxyl groups is 1. The number of unbranched alkanes of at least 4 members (excludes halogenated alkanes) is 1. The molecule has 0 spiro atoms. The van der Waals surface area contributed by atoms with Crippen molar-refractivity contribution >= 4 is 5.97 Å². The Morgan fingerprint density at radius 1 is 1.17 bits per heavy atom. The molecule has 3 nitrogen and oxygen atoms in total. The highest BCUT2D eigenvalue weighted by atomic mass is 16.4. The van der Waals surface area contributed by atoms with Crippen molar-refractivity contribution in [2.75, 3.05) is 6.61 Å². The molecule has 2 atom stereocenters. The van der Waals surface area contributed by atoms with E-state index in [1.165, 1.54) is 24.8 Å². The topological polar surface area (TPSA) is 57.5 Å². The van der Waals surface area contributed by atoms with Gasteiger partial charge in [-0.25, -0.2) is 0 Å². The van der Waals surface area contributed by atoms with Crippen LogP contribution in [0.3, 0.4) is 0 Å². The van der Waals surface area contributed by atoms with Gasteiger partial charge < -0.3 is 10.2 Å². The van der Waals surface area contributed by atoms with Crippen LogP contribution in [0.5, 0.6) is 0 Å². The SMILES string of the molecule is CCO.O=C(O)C[C@H]1CCCC1CC=CCCCc1ccccc1. The highest BCUT2D eigenvalue weighted by molar-refractivity contribution is 5.67. The van der Waals surface area contributed by atoms with Gasteiger partial charge in [0.25, 0.3) is 0 Å². The molecule has 1 fully saturated rings. The zero-order valence-corrected chi connectivity index (χ0v) is 14.9. The van der Waals surface area contributed by atoms with E-state index in [1.54, 1.807) is 6.92 Å². The Labute approximate surface area is 146 Å². The predicted molar refractivity (Wildman–Crippen MR) is 99.0 cm³/mol. The number of hydrogen-bond donors (Lipinski definition) is 2. The Balaban J connectivity index is 0.000000891. The molecule has 0 bridgehead atoms. The number of carbonyl (C=O) groups is 1. The van der Waals surface area contributed by atoms with Crippen LogP contribution in [-0.2, 0) is 11.2 Å². The Morgan fingerprint density at radius 3 is 2.50 bits per heavy atom. The third-order valence-electron chi connectivity index (χ3n) is 4.54. The molecule has 2 rings (SSSR count). The van der Waals surface area contributed by atoms with E-state index in [2.05, 4.69) is 42.5 Å². The number of allylic oxidation sites excluding steroid dienone is 2. The quantitative estimate of drug-likeness (QED) is 0.529. The van der Waals surface area contributed by atoms with Gasteiger partial charge in [-0.3, -0.25) is 4.79 Å². The second kappa shape index (κ2) is 12.8. The summed E-state index contributed by atoms with van der Waals surface area (Å²) in [6.45, 7) is 1.93. The van der Waals surface area contributed by atoms with Crippen LogP contribution in [0.15, 0.2) is 42.5 Å². The van der Waals surface area contributed by atoms with Gasteiger partial charge in [-0.1, -0.05) is 48.9 Å². The molecule has 0 amide bonds. The van der Waals surface area contributed by atoms with E-state index >= 15 is 0 Å². The van der Waals surface area contributed by atoms with Crippen LogP contribution < -0.4 is 0 Å². The number of rotatable bonds is 8. The maximum Gasteiger partial charge on any atom is 0.303 e. The number of aryl methyl sites for hydroxylation is 1. The fraction of sp³-hybridized carbons (Fsp3) is 0.571. The summed E-state index contributed by atoms with van der Waals surface area (Å²) in [5.74, 6) is 0.349. The molecule has 2 N–H and O–H groups in total. The average molecular weight is 332 g/mol. The molecule has 1 saturated carbocycles. The molecule has 1 aliphatic rings. The van der Waals surface area contributed by atoms with E-state index in [0.717, 1.165) is 25.7 Å². The lowest BCUT2D eigenvalue weighted by atomic mass is 9.90. The molecule has 0 saturated heterocycles. The summed E-state index contributed by atoms with van der Waals surface area (Å²) < 4.78 is 0. The Bertz CT molecular complexity index is 467. The van der Waals surface area contributed by atoms with Crippen molar-refractivity contribution in [1.82, 2.24) is 0 Å². The van der Waals surface area contributed by atoms with Gasteiger partial charge in [-0.2, -0.15) is 0 Å². The van der Waals surface area contributed by atoms with Crippen molar-refractivity contribution in [3.63, 3.8) is 0 Å². The molecule has 1 aromatic rings. The van der Waals surface area contributed by atoms with Crippen molar-refractivity contribution in [2.24, 2.45) is 11.8 Å². The third kappa shape index (κ3) is 8.88. The van der Waals surface area contributed by atoms with Gasteiger partial charge in [0.2, 0.25) is 0 Å². The number of carboxylic acid groups (broad SMARTS) is 1. The lowest BCUT2D eigenvalue weighted by molar-refractivity contribution is -0.138. The Morgan fingerprint density at radius 2 is 1.83 bits per heavy atom. The van der Waals surface area contributed by atoms with Crippen LogP contribution in [0.25, 0.3) is 0 Å². The number of hydrogen-bond acceptors (Lipinski definition) is 2. The number of benzene rings is 1. The van der Waals surface area contributed by atoms with E-state index in [4.69, 9.17) is 10.2 Å². The molecule has 24 heavy (non-hydrogen) atoms. The molecular formula is C21H32O3. The van der Waals surface area contributed by atoms with E-state index in [9.17, 15) is 4.79 Å². The lowest BCUT2D eigenvalue weighted by Gasteiger charge is -2.15. The average Bonchev–Trinajstić information content (AvgIpc) is 2.99. The van der Waals surface area contributed by atoms with Gasteiger partial charge >= 0.3 is 5.97 Å². The maximum absolute atomic E-state index is 10.8. The maximum atomic E-state index is 10.8. The fourth-order valence-electron chi connectivity index (χ4n) is 3.37. The zero-order valence-electron chi connectivity index (χ0n) is 14.9. The Kier molecular flexibility index (Phi) is 10.9. The largest absolute Gasteiger partial charge is 0.481 e. The molecular weight excluding hydrogens is 300 g/mol. The first-order valence-electron chi connectivity index (χ1n) is 9.19. The summed E-state index contributed by atoms with van der Waals surface area (Å²) in [6.07, 6.45) is 12.9. The summed E-state index contributed by atoms with van der Waals surface area (Å²) in [6, 6.07) is 10.6. The minimum Gasteiger partial charge on any atom is -0.481 e. The molecule has 0 aromatic heterocycles. The first-order chi connectivity index (χ1) is 11.7. The van der Waals surface area contributed by atoms with Gasteiger partial charge in [0, 0.05) is 13.0 Å². The van der Waals surface area contributed by atoms with Gasteiger partial charge in [0.1, 0.15) is 0 Å². The van der Waals surface area contributed by atoms with Gasteiger partial charge in [0.15, 0.2) is 0 Å². The summed E-state index contributed by atoms with van der Waals surface area (Å²) in [5.41, 5.74) is 1.41. The van der Waals surface area contributed by atoms with Gasteiger partial charge in [-0.15, -0.1) is 0 Å². The first-order valence-corrected chi connectivity index (χ1v) is 9.19.